The highest BCUT2D eigenvalue weighted by atomic mass is 19.4. The summed E-state index contributed by atoms with van der Waals surface area (Å²) in [5.74, 6) is -0.734. The molecule has 0 aliphatic heterocycles. The van der Waals surface area contributed by atoms with Crippen LogP contribution in [0, 0.1) is 13.8 Å². The van der Waals surface area contributed by atoms with Crippen molar-refractivity contribution in [3.63, 3.8) is 0 Å². The number of ether oxygens (including phenoxy) is 1. The molecular weight excluding hydrogens is 384 g/mol. The van der Waals surface area contributed by atoms with Crippen LogP contribution in [0.1, 0.15) is 11.4 Å². The van der Waals surface area contributed by atoms with Gasteiger partial charge in [0.1, 0.15) is 0 Å². The minimum Gasteiger partial charge on any atom is -0.440 e. The predicted molar refractivity (Wildman–Crippen MR) is 80.7 cm³/mol. The Morgan fingerprint density at radius 2 is 1.30 bits per heavy atom. The molecule has 14 heteroatoms. The molecule has 2 N–H and O–H groups in total. The molecule has 0 saturated carbocycles. The summed E-state index contributed by atoms with van der Waals surface area (Å²) >= 11 is 0. The van der Waals surface area contributed by atoms with Crippen molar-refractivity contribution >= 4 is 17.8 Å². The average molecular weight is 397 g/mol. The van der Waals surface area contributed by atoms with Crippen molar-refractivity contribution in [2.24, 2.45) is 0 Å². The summed E-state index contributed by atoms with van der Waals surface area (Å²) in [6.07, 6.45) is -15.5. The third-order valence-corrected chi connectivity index (χ3v) is 2.86. The lowest BCUT2D eigenvalue weighted by atomic mass is 10.3. The van der Waals surface area contributed by atoms with Crippen LogP contribution in [0.2, 0.25) is 0 Å². The summed E-state index contributed by atoms with van der Waals surface area (Å²) in [6, 6.07) is 0.476. The maximum Gasteiger partial charge on any atom is 0.434 e. The molecule has 0 amide bonds. The van der Waals surface area contributed by atoms with E-state index in [0.29, 0.717) is 11.4 Å². The first kappa shape index (κ1) is 20.4. The number of hydrogen-bond donors (Lipinski definition) is 2. The number of nitrogens with zero attached hydrogens (tertiary/aromatic N) is 5. The molecule has 0 unspecified atom stereocenters. The van der Waals surface area contributed by atoms with E-state index in [1.165, 1.54) is 7.05 Å². The summed E-state index contributed by atoms with van der Waals surface area (Å²) < 4.78 is 79.9. The zero-order valence-corrected chi connectivity index (χ0v) is 14.1. The standard InChI is InChI=1S/C13H13F6N7O/c1-5-4-6(2)22-9(21-5)24-10-23-8(20-3)25-11(26-10)27-7(12(14,15)16)13(17,18)19/h4,7H,1-3H3,(H2,20,21,22,23,24,25,26). The lowest BCUT2D eigenvalue weighted by Crippen LogP contribution is -2.46. The number of rotatable bonds is 5. The molecule has 0 spiro atoms. The van der Waals surface area contributed by atoms with Crippen LogP contribution in [0.4, 0.5) is 44.2 Å². The minimum atomic E-state index is -5.71. The molecule has 148 valence electrons. The molecule has 2 aromatic heterocycles. The zero-order chi connectivity index (χ0) is 20.4. The Morgan fingerprint density at radius 1 is 0.815 bits per heavy atom. The van der Waals surface area contributed by atoms with E-state index >= 15 is 0 Å². The highest BCUT2D eigenvalue weighted by Gasteiger charge is 2.59. The summed E-state index contributed by atoms with van der Waals surface area (Å²) in [6.45, 7) is 3.33. The molecule has 0 aliphatic carbocycles. The summed E-state index contributed by atoms with van der Waals surface area (Å²) in [7, 11) is 1.31. The Balaban J connectivity index is 2.36. The van der Waals surface area contributed by atoms with Gasteiger partial charge in [-0.2, -0.15) is 41.3 Å². The van der Waals surface area contributed by atoms with Crippen LogP contribution in [-0.4, -0.2) is 50.4 Å². The maximum atomic E-state index is 12.7. The van der Waals surface area contributed by atoms with E-state index in [1.807, 2.05) is 0 Å². The first-order valence-corrected chi connectivity index (χ1v) is 7.21. The van der Waals surface area contributed by atoms with Crippen LogP contribution < -0.4 is 15.4 Å². The van der Waals surface area contributed by atoms with Gasteiger partial charge in [0.25, 0.3) is 6.10 Å². The van der Waals surface area contributed by atoms with Crippen molar-refractivity contribution in [3.05, 3.63) is 17.5 Å². The Hall–Kier alpha value is -2.93. The molecule has 8 nitrogen and oxygen atoms in total. The van der Waals surface area contributed by atoms with Crippen LogP contribution >= 0.6 is 0 Å². The Kier molecular flexibility index (Phi) is 5.56. The van der Waals surface area contributed by atoms with Crippen molar-refractivity contribution in [2.45, 2.75) is 32.3 Å². The molecule has 2 rings (SSSR count). The van der Waals surface area contributed by atoms with E-state index in [1.54, 1.807) is 19.9 Å². The van der Waals surface area contributed by atoms with E-state index < -0.39 is 30.4 Å². The highest BCUT2D eigenvalue weighted by molar-refractivity contribution is 5.46. The van der Waals surface area contributed by atoms with Crippen LogP contribution in [0.5, 0.6) is 6.01 Å². The lowest BCUT2D eigenvalue weighted by Gasteiger charge is -2.22. The largest absolute Gasteiger partial charge is 0.440 e. The van der Waals surface area contributed by atoms with Crippen LogP contribution in [0.15, 0.2) is 6.07 Å². The summed E-state index contributed by atoms with van der Waals surface area (Å²) in [5.41, 5.74) is 1.14. The second kappa shape index (κ2) is 7.36. The highest BCUT2D eigenvalue weighted by Crippen LogP contribution is 2.36. The maximum absolute atomic E-state index is 12.7. The average Bonchev–Trinajstić information content (AvgIpc) is 2.49. The molecule has 0 saturated heterocycles. The van der Waals surface area contributed by atoms with Crippen molar-refractivity contribution < 1.29 is 31.1 Å². The number of alkyl halides is 6. The lowest BCUT2D eigenvalue weighted by molar-refractivity contribution is -0.301. The van der Waals surface area contributed by atoms with Gasteiger partial charge in [0.05, 0.1) is 0 Å². The van der Waals surface area contributed by atoms with Crippen LogP contribution in [-0.2, 0) is 0 Å². The number of aromatic nitrogens is 5. The molecule has 0 fully saturated rings. The van der Waals surface area contributed by atoms with Crippen molar-refractivity contribution in [1.82, 2.24) is 24.9 Å². The number of nitrogens with one attached hydrogen (secondary N) is 2. The molecule has 0 aliphatic rings. The first-order chi connectivity index (χ1) is 12.4. The van der Waals surface area contributed by atoms with E-state index in [2.05, 4.69) is 40.3 Å². The number of halogens is 6. The molecule has 0 radical (unpaired) electrons. The number of anilines is 3. The molecule has 0 bridgehead atoms. The van der Waals surface area contributed by atoms with E-state index in [9.17, 15) is 26.3 Å². The molecule has 2 aromatic rings. The van der Waals surface area contributed by atoms with Crippen molar-refractivity contribution in [1.29, 1.82) is 0 Å². The Bertz CT molecular complexity index is 776. The van der Waals surface area contributed by atoms with Gasteiger partial charge in [0.15, 0.2) is 0 Å². The molecule has 27 heavy (non-hydrogen) atoms. The third kappa shape index (κ3) is 5.52. The van der Waals surface area contributed by atoms with Gasteiger partial charge in [-0.1, -0.05) is 0 Å². The smallest absolute Gasteiger partial charge is 0.434 e. The third-order valence-electron chi connectivity index (χ3n) is 2.86. The van der Waals surface area contributed by atoms with Gasteiger partial charge in [0, 0.05) is 18.4 Å². The summed E-state index contributed by atoms with van der Waals surface area (Å²) in [4.78, 5) is 18.6. The monoisotopic (exact) mass is 397 g/mol. The van der Waals surface area contributed by atoms with Gasteiger partial charge >= 0.3 is 18.4 Å². The molecule has 0 atom stereocenters. The van der Waals surface area contributed by atoms with E-state index in [0.717, 1.165) is 0 Å². The molecular formula is C13H13F6N7O. The number of aryl methyl sites for hydroxylation is 2. The topological polar surface area (TPSA) is 97.7 Å². The van der Waals surface area contributed by atoms with Gasteiger partial charge in [-0.15, -0.1) is 0 Å². The van der Waals surface area contributed by atoms with Gasteiger partial charge in [-0.25, -0.2) is 9.97 Å². The van der Waals surface area contributed by atoms with Crippen molar-refractivity contribution in [2.75, 3.05) is 17.7 Å². The fourth-order valence-electron chi connectivity index (χ4n) is 1.88. The Morgan fingerprint density at radius 3 is 1.78 bits per heavy atom. The SMILES string of the molecule is CNc1nc(Nc2nc(C)cc(C)n2)nc(OC(C(F)(F)F)C(F)(F)F)n1. The molecule has 0 aromatic carbocycles. The number of hydrogen-bond acceptors (Lipinski definition) is 8. The van der Waals surface area contributed by atoms with Gasteiger partial charge in [-0.3, -0.25) is 5.32 Å². The Labute approximate surface area is 148 Å². The normalized spacial score (nSPS) is 12.2. The fourth-order valence-corrected chi connectivity index (χ4v) is 1.88. The van der Waals surface area contributed by atoms with Gasteiger partial charge in [-0.05, 0) is 19.9 Å². The fraction of sp³-hybridized carbons (Fsp3) is 0.462. The summed E-state index contributed by atoms with van der Waals surface area (Å²) in [5, 5.41) is 4.87. The van der Waals surface area contributed by atoms with Gasteiger partial charge < -0.3 is 10.1 Å². The van der Waals surface area contributed by atoms with Crippen LogP contribution in [0.3, 0.4) is 0 Å². The molecule has 2 heterocycles. The van der Waals surface area contributed by atoms with E-state index in [-0.39, 0.29) is 11.9 Å². The minimum absolute atomic E-state index is 0.00473. The second-order valence-corrected chi connectivity index (χ2v) is 5.20. The van der Waals surface area contributed by atoms with Crippen LogP contribution in [0.25, 0.3) is 0 Å². The quantitative estimate of drug-likeness (QED) is 0.744. The predicted octanol–water partition coefficient (Wildman–Crippen LogP) is 2.94. The zero-order valence-electron chi connectivity index (χ0n) is 14.1. The van der Waals surface area contributed by atoms with E-state index in [4.69, 9.17) is 0 Å². The second-order valence-electron chi connectivity index (χ2n) is 5.20. The first-order valence-electron chi connectivity index (χ1n) is 7.21. The van der Waals surface area contributed by atoms with Gasteiger partial charge in [0.2, 0.25) is 17.8 Å². The van der Waals surface area contributed by atoms with Crippen molar-refractivity contribution in [3.8, 4) is 6.01 Å².